The molecular formula is C28H37ClN2O3. The Balaban J connectivity index is 0.00000324. The SMILES string of the molecule is COc1ccccc1CN1CCc2ccc(C(=O)CCC3CCN(C(C)=O)CC3)cc2CC1.Cl. The predicted octanol–water partition coefficient (Wildman–Crippen LogP) is 4.94. The molecule has 0 saturated carbocycles. The monoisotopic (exact) mass is 484 g/mol. The lowest BCUT2D eigenvalue weighted by atomic mass is 9.89. The second kappa shape index (κ2) is 12.4. The summed E-state index contributed by atoms with van der Waals surface area (Å²) in [6, 6.07) is 14.6. The van der Waals surface area contributed by atoms with Crippen LogP contribution >= 0.6 is 12.4 Å². The minimum atomic E-state index is 0. The number of ether oxygens (including phenoxy) is 1. The Hall–Kier alpha value is -2.37. The Bertz CT molecular complexity index is 985. The number of piperidine rings is 1. The van der Waals surface area contributed by atoms with Gasteiger partial charge in [-0.3, -0.25) is 14.5 Å². The van der Waals surface area contributed by atoms with E-state index in [1.165, 1.54) is 16.7 Å². The van der Waals surface area contributed by atoms with Crippen molar-refractivity contribution < 1.29 is 14.3 Å². The van der Waals surface area contributed by atoms with Crippen LogP contribution in [0.4, 0.5) is 0 Å². The molecule has 1 fully saturated rings. The van der Waals surface area contributed by atoms with Gasteiger partial charge >= 0.3 is 0 Å². The van der Waals surface area contributed by atoms with Crippen molar-refractivity contribution in [1.29, 1.82) is 0 Å². The molecule has 0 aliphatic carbocycles. The average molecular weight is 485 g/mol. The van der Waals surface area contributed by atoms with Gasteiger partial charge in [-0.25, -0.2) is 0 Å². The third-order valence-electron chi connectivity index (χ3n) is 7.35. The maximum Gasteiger partial charge on any atom is 0.219 e. The molecule has 5 nitrogen and oxygen atoms in total. The molecule has 4 rings (SSSR count). The van der Waals surface area contributed by atoms with Crippen molar-refractivity contribution in [3.8, 4) is 5.75 Å². The van der Waals surface area contributed by atoms with Gasteiger partial charge in [0.25, 0.3) is 0 Å². The van der Waals surface area contributed by atoms with E-state index in [-0.39, 0.29) is 24.1 Å². The topological polar surface area (TPSA) is 49.9 Å². The number of Topliss-reactive ketones (excluding diaryl/α,β-unsaturated/α-hetero) is 1. The molecule has 0 bridgehead atoms. The van der Waals surface area contributed by atoms with Gasteiger partial charge in [0.05, 0.1) is 7.11 Å². The van der Waals surface area contributed by atoms with E-state index in [1.807, 2.05) is 23.1 Å². The van der Waals surface area contributed by atoms with Crippen LogP contribution < -0.4 is 4.74 Å². The largest absolute Gasteiger partial charge is 0.496 e. The van der Waals surface area contributed by atoms with Gasteiger partial charge in [-0.15, -0.1) is 12.4 Å². The van der Waals surface area contributed by atoms with E-state index in [0.717, 1.165) is 76.1 Å². The zero-order valence-corrected chi connectivity index (χ0v) is 21.2. The van der Waals surface area contributed by atoms with Crippen LogP contribution in [0.15, 0.2) is 42.5 Å². The van der Waals surface area contributed by atoms with Crippen LogP contribution in [0.3, 0.4) is 0 Å². The standard InChI is InChI=1S/C28H36N2O3.ClH/c1-21(31)30-17-11-22(12-18-30)7-10-27(32)25-9-8-23-13-15-29(16-14-24(23)19-25)20-26-5-3-4-6-28(26)33-2;/h3-6,8-9,19,22H,7,10-18,20H2,1-2H3;1H. The van der Waals surface area contributed by atoms with Crippen LogP contribution in [0.5, 0.6) is 5.75 Å². The highest BCUT2D eigenvalue weighted by molar-refractivity contribution is 5.96. The zero-order chi connectivity index (χ0) is 23.2. The van der Waals surface area contributed by atoms with Crippen LogP contribution in [-0.2, 0) is 24.2 Å². The minimum Gasteiger partial charge on any atom is -0.496 e. The van der Waals surface area contributed by atoms with Gasteiger partial charge < -0.3 is 9.64 Å². The first kappa shape index (κ1) is 26.2. The van der Waals surface area contributed by atoms with Crippen molar-refractivity contribution in [3.05, 3.63) is 64.7 Å². The Morgan fingerprint density at radius 1 is 0.971 bits per heavy atom. The van der Waals surface area contributed by atoms with Crippen LogP contribution in [0.1, 0.15) is 59.7 Å². The third-order valence-corrected chi connectivity index (χ3v) is 7.35. The molecule has 6 heteroatoms. The fourth-order valence-electron chi connectivity index (χ4n) is 5.19. The van der Waals surface area contributed by atoms with Gasteiger partial charge in [0.2, 0.25) is 5.91 Å². The fourth-order valence-corrected chi connectivity index (χ4v) is 5.19. The maximum atomic E-state index is 12.9. The maximum absolute atomic E-state index is 12.9. The van der Waals surface area contributed by atoms with Gasteiger partial charge in [-0.1, -0.05) is 30.3 Å². The van der Waals surface area contributed by atoms with E-state index >= 15 is 0 Å². The summed E-state index contributed by atoms with van der Waals surface area (Å²) in [5.74, 6) is 1.91. The van der Waals surface area contributed by atoms with E-state index in [1.54, 1.807) is 14.0 Å². The summed E-state index contributed by atoms with van der Waals surface area (Å²) in [4.78, 5) is 28.8. The summed E-state index contributed by atoms with van der Waals surface area (Å²) in [6.07, 6.45) is 5.53. The lowest BCUT2D eigenvalue weighted by molar-refractivity contribution is -0.130. The predicted molar refractivity (Wildman–Crippen MR) is 138 cm³/mol. The number of amides is 1. The van der Waals surface area contributed by atoms with Gasteiger partial charge in [0.15, 0.2) is 5.78 Å². The summed E-state index contributed by atoms with van der Waals surface area (Å²) in [7, 11) is 1.73. The number of fused-ring (bicyclic) bond motifs is 1. The molecule has 184 valence electrons. The van der Waals surface area contributed by atoms with Gasteiger partial charge in [-0.2, -0.15) is 0 Å². The third kappa shape index (κ3) is 6.61. The van der Waals surface area contributed by atoms with Crippen molar-refractivity contribution in [2.75, 3.05) is 33.3 Å². The Morgan fingerprint density at radius 2 is 1.68 bits per heavy atom. The number of likely N-dealkylation sites (tertiary alicyclic amines) is 1. The number of benzene rings is 2. The molecule has 0 atom stereocenters. The average Bonchev–Trinajstić information content (AvgIpc) is 3.05. The lowest BCUT2D eigenvalue weighted by Crippen LogP contribution is -2.37. The smallest absolute Gasteiger partial charge is 0.219 e. The van der Waals surface area contributed by atoms with Crippen LogP contribution in [0.25, 0.3) is 0 Å². The molecule has 34 heavy (non-hydrogen) atoms. The zero-order valence-electron chi connectivity index (χ0n) is 20.4. The van der Waals surface area contributed by atoms with Crippen LogP contribution in [-0.4, -0.2) is 54.8 Å². The molecule has 2 aromatic carbocycles. The molecule has 1 amide bonds. The number of hydrogen-bond acceptors (Lipinski definition) is 4. The molecule has 0 spiro atoms. The van der Waals surface area contributed by atoms with Gasteiger partial charge in [0, 0.05) is 57.2 Å². The number of carbonyl (C=O) groups excluding carboxylic acids is 2. The number of methoxy groups -OCH3 is 1. The van der Waals surface area contributed by atoms with Crippen LogP contribution in [0, 0.1) is 5.92 Å². The quantitative estimate of drug-likeness (QED) is 0.522. The highest BCUT2D eigenvalue weighted by Gasteiger charge is 2.22. The number of para-hydroxylation sites is 1. The molecule has 0 unspecified atom stereocenters. The Labute approximate surface area is 209 Å². The highest BCUT2D eigenvalue weighted by Crippen LogP contribution is 2.25. The molecule has 0 aromatic heterocycles. The van der Waals surface area contributed by atoms with Crippen molar-refractivity contribution >= 4 is 24.1 Å². The molecule has 0 N–H and O–H groups in total. The van der Waals surface area contributed by atoms with Crippen LogP contribution in [0.2, 0.25) is 0 Å². The van der Waals surface area contributed by atoms with E-state index < -0.39 is 0 Å². The first-order valence-corrected chi connectivity index (χ1v) is 12.3. The molecular weight excluding hydrogens is 448 g/mol. The van der Waals surface area contributed by atoms with Crippen molar-refractivity contribution in [3.63, 3.8) is 0 Å². The minimum absolute atomic E-state index is 0. The van der Waals surface area contributed by atoms with E-state index in [9.17, 15) is 9.59 Å². The number of nitrogens with zero attached hydrogens (tertiary/aromatic N) is 2. The summed E-state index contributed by atoms with van der Waals surface area (Å²) in [6.45, 7) is 6.18. The first-order valence-electron chi connectivity index (χ1n) is 12.3. The van der Waals surface area contributed by atoms with Crippen molar-refractivity contribution in [2.24, 2.45) is 5.92 Å². The molecule has 2 aromatic rings. The normalized spacial score (nSPS) is 16.8. The summed E-state index contributed by atoms with van der Waals surface area (Å²) >= 11 is 0. The van der Waals surface area contributed by atoms with Gasteiger partial charge in [-0.05, 0) is 61.3 Å². The highest BCUT2D eigenvalue weighted by atomic mass is 35.5. The van der Waals surface area contributed by atoms with Crippen molar-refractivity contribution in [2.45, 2.75) is 52.0 Å². The second-order valence-corrected chi connectivity index (χ2v) is 9.48. The summed E-state index contributed by atoms with van der Waals surface area (Å²) in [5, 5.41) is 0. The van der Waals surface area contributed by atoms with E-state index in [2.05, 4.69) is 29.2 Å². The van der Waals surface area contributed by atoms with Crippen molar-refractivity contribution in [1.82, 2.24) is 9.80 Å². The van der Waals surface area contributed by atoms with Gasteiger partial charge in [0.1, 0.15) is 5.75 Å². The number of rotatable bonds is 7. The lowest BCUT2D eigenvalue weighted by Gasteiger charge is -2.31. The molecule has 1 saturated heterocycles. The van der Waals surface area contributed by atoms with E-state index in [4.69, 9.17) is 4.74 Å². The molecule has 2 aliphatic rings. The molecule has 2 aliphatic heterocycles. The van der Waals surface area contributed by atoms with E-state index in [0.29, 0.717) is 12.3 Å². The number of ketones is 1. The number of halogens is 1. The molecule has 0 radical (unpaired) electrons. The number of carbonyl (C=O) groups is 2. The Morgan fingerprint density at radius 3 is 2.38 bits per heavy atom. The fraction of sp³-hybridized carbons (Fsp3) is 0.500. The Kier molecular flexibility index (Phi) is 9.54. The number of hydrogen-bond donors (Lipinski definition) is 0. The first-order chi connectivity index (χ1) is 16.0. The summed E-state index contributed by atoms with van der Waals surface area (Å²) in [5.41, 5.74) is 4.76. The summed E-state index contributed by atoms with van der Waals surface area (Å²) < 4.78 is 5.52. The molecule has 2 heterocycles. The second-order valence-electron chi connectivity index (χ2n) is 9.48.